The number of H-pyrrole nitrogens is 1. The number of hydrogen-bond acceptors (Lipinski definition) is 6. The van der Waals surface area contributed by atoms with Gasteiger partial charge in [-0.15, -0.1) is 11.3 Å². The first kappa shape index (κ1) is 31.6. The summed E-state index contributed by atoms with van der Waals surface area (Å²) in [5.74, 6) is -1.58. The molecule has 246 valence electrons. The second kappa shape index (κ2) is 13.2. The lowest BCUT2D eigenvalue weighted by molar-refractivity contribution is -0.134. The third-order valence-corrected chi connectivity index (χ3v) is 10.8. The molecule has 0 bridgehead atoms. The van der Waals surface area contributed by atoms with E-state index in [0.717, 1.165) is 50.6 Å². The summed E-state index contributed by atoms with van der Waals surface area (Å²) in [5.41, 5.74) is 8.75. The number of carbonyl (C=O) groups is 4. The summed E-state index contributed by atoms with van der Waals surface area (Å²) in [7, 11) is 0. The van der Waals surface area contributed by atoms with Crippen molar-refractivity contribution in [1.82, 2.24) is 26.3 Å². The van der Waals surface area contributed by atoms with E-state index in [9.17, 15) is 19.2 Å². The first-order valence-electron chi connectivity index (χ1n) is 16.3. The van der Waals surface area contributed by atoms with Gasteiger partial charge in [-0.25, -0.2) is 0 Å². The first-order chi connectivity index (χ1) is 23.3. The molecule has 1 aliphatic heterocycles. The fourth-order valence-electron chi connectivity index (χ4n) is 6.96. The molecule has 0 unspecified atom stereocenters. The number of para-hydroxylation sites is 1. The van der Waals surface area contributed by atoms with Crippen LogP contribution in [0.3, 0.4) is 0 Å². The lowest BCUT2D eigenvalue weighted by Gasteiger charge is -2.26. The van der Waals surface area contributed by atoms with Gasteiger partial charge in [0.25, 0.3) is 0 Å². The Morgan fingerprint density at radius 3 is 2.19 bits per heavy atom. The lowest BCUT2D eigenvalue weighted by atomic mass is 9.99. The van der Waals surface area contributed by atoms with Crippen molar-refractivity contribution in [1.29, 1.82) is 0 Å². The number of nitrogens with one attached hydrogen (secondary N) is 5. The van der Waals surface area contributed by atoms with Crippen LogP contribution >= 0.6 is 11.3 Å². The van der Waals surface area contributed by atoms with E-state index in [1.54, 1.807) is 11.3 Å². The largest absolute Gasteiger partial charge is 0.368 e. The first-order valence-corrected chi connectivity index (χ1v) is 17.1. The molecule has 2 aromatic heterocycles. The zero-order valence-electron chi connectivity index (χ0n) is 26.3. The summed E-state index contributed by atoms with van der Waals surface area (Å²) in [6.07, 6.45) is 3.23. The van der Waals surface area contributed by atoms with Gasteiger partial charge < -0.3 is 32.0 Å². The number of rotatable bonds is 13. The fraction of sp³-hybridized carbons (Fsp3) is 0.297. The normalized spacial score (nSPS) is 20.0. The quantitative estimate of drug-likeness (QED) is 0.114. The van der Waals surface area contributed by atoms with Gasteiger partial charge in [0.1, 0.15) is 18.1 Å². The van der Waals surface area contributed by atoms with E-state index in [1.165, 1.54) is 0 Å². The van der Waals surface area contributed by atoms with Crippen LogP contribution in [0.2, 0.25) is 0 Å². The van der Waals surface area contributed by atoms with Crippen molar-refractivity contribution >= 4 is 56.0 Å². The van der Waals surface area contributed by atoms with Gasteiger partial charge in [0, 0.05) is 47.6 Å². The number of benzene rings is 3. The van der Waals surface area contributed by atoms with Crippen LogP contribution in [-0.4, -0.2) is 59.8 Å². The van der Waals surface area contributed by atoms with Crippen molar-refractivity contribution in [3.63, 3.8) is 0 Å². The number of primary amides is 1. The second-order valence-corrected chi connectivity index (χ2v) is 13.9. The standard InChI is InChI=1S/C37H38N6O4S/c38-33(44)29(14-22-8-2-1-3-9-22)41-34(45)30(15-23-18-40-28-12-6-4-10-26(23)28)42-35(46)31(43-36(47)37-17-25(37)19-39-21-37)16-24-20-48-32-13-7-5-11-27(24)32/h1-13,18,20,25,29-31,39-40H,14-17,19,21H2,(H2,38,44)(H,41,45)(H,42,46)(H,43,47)/t25-,29-,30+,31+,37-/m0/s1. The summed E-state index contributed by atoms with van der Waals surface area (Å²) in [4.78, 5) is 57.7. The zero-order chi connectivity index (χ0) is 33.3. The maximum Gasteiger partial charge on any atom is 0.243 e. The van der Waals surface area contributed by atoms with Crippen molar-refractivity contribution in [2.75, 3.05) is 13.1 Å². The molecule has 10 nitrogen and oxygen atoms in total. The molecule has 1 saturated heterocycles. The molecule has 5 atom stereocenters. The van der Waals surface area contributed by atoms with Gasteiger partial charge in [-0.05, 0) is 58.5 Å². The van der Waals surface area contributed by atoms with Crippen molar-refractivity contribution in [3.05, 3.63) is 107 Å². The number of aromatic nitrogens is 1. The Kier molecular flexibility index (Phi) is 8.72. The second-order valence-electron chi connectivity index (χ2n) is 13.0. The van der Waals surface area contributed by atoms with Gasteiger partial charge in [0.05, 0.1) is 5.41 Å². The van der Waals surface area contributed by atoms with Gasteiger partial charge in [-0.1, -0.05) is 66.7 Å². The van der Waals surface area contributed by atoms with Crippen molar-refractivity contribution in [2.24, 2.45) is 17.1 Å². The Morgan fingerprint density at radius 1 is 0.792 bits per heavy atom. The van der Waals surface area contributed by atoms with E-state index in [2.05, 4.69) is 26.3 Å². The highest BCUT2D eigenvalue weighted by molar-refractivity contribution is 7.17. The van der Waals surface area contributed by atoms with Crippen LogP contribution in [0.15, 0.2) is 90.4 Å². The molecule has 11 heteroatoms. The number of amides is 4. The van der Waals surface area contributed by atoms with Crippen LogP contribution in [0.1, 0.15) is 23.1 Å². The third kappa shape index (κ3) is 6.43. The van der Waals surface area contributed by atoms with Crippen LogP contribution in [0, 0.1) is 11.3 Å². The maximum atomic E-state index is 14.3. The van der Waals surface area contributed by atoms with E-state index in [1.807, 2.05) is 90.4 Å². The molecule has 1 saturated carbocycles. The Balaban J connectivity index is 1.17. The lowest BCUT2D eigenvalue weighted by Crippen LogP contribution is -2.58. The SMILES string of the molecule is NC(=O)[C@H](Cc1ccccc1)NC(=O)[C@@H](Cc1c[nH]c2ccccc12)NC(=O)[C@@H](Cc1csc2ccccc12)NC(=O)[C@@]12CNC[C@@H]1C2. The Bertz CT molecular complexity index is 1990. The third-order valence-electron chi connectivity index (χ3n) is 9.80. The number of hydrogen-bond donors (Lipinski definition) is 6. The molecule has 0 spiro atoms. The molecule has 5 aromatic rings. The smallest absolute Gasteiger partial charge is 0.243 e. The molecule has 2 fully saturated rings. The number of carbonyl (C=O) groups excluding carboxylic acids is 4. The topological polar surface area (TPSA) is 158 Å². The van der Waals surface area contributed by atoms with Crippen LogP contribution in [0.5, 0.6) is 0 Å². The highest BCUT2D eigenvalue weighted by atomic mass is 32.1. The molecule has 7 rings (SSSR count). The van der Waals surface area contributed by atoms with Crippen molar-refractivity contribution in [3.8, 4) is 0 Å². The zero-order valence-corrected chi connectivity index (χ0v) is 27.1. The highest BCUT2D eigenvalue weighted by Crippen LogP contribution is 2.55. The summed E-state index contributed by atoms with van der Waals surface area (Å²) in [6.45, 7) is 1.37. The van der Waals surface area contributed by atoms with E-state index in [-0.39, 0.29) is 31.1 Å². The summed E-state index contributed by atoms with van der Waals surface area (Å²) in [5, 5.41) is 16.1. The molecular formula is C37H38N6O4S. The minimum absolute atomic E-state index is 0.147. The molecular weight excluding hydrogens is 625 g/mol. The van der Waals surface area contributed by atoms with E-state index < -0.39 is 41.3 Å². The molecule has 7 N–H and O–H groups in total. The molecule has 3 heterocycles. The number of fused-ring (bicyclic) bond motifs is 3. The molecule has 4 amide bonds. The van der Waals surface area contributed by atoms with Gasteiger partial charge in [-0.2, -0.15) is 0 Å². The van der Waals surface area contributed by atoms with Crippen LogP contribution in [0.25, 0.3) is 21.0 Å². The van der Waals surface area contributed by atoms with Crippen LogP contribution in [-0.2, 0) is 38.4 Å². The number of aromatic amines is 1. The number of piperidine rings is 1. The monoisotopic (exact) mass is 662 g/mol. The molecule has 0 radical (unpaired) electrons. The van der Waals surface area contributed by atoms with Gasteiger partial charge in [0.15, 0.2) is 0 Å². The van der Waals surface area contributed by atoms with E-state index in [0.29, 0.717) is 6.54 Å². The minimum Gasteiger partial charge on any atom is -0.368 e. The van der Waals surface area contributed by atoms with Gasteiger partial charge >= 0.3 is 0 Å². The predicted molar refractivity (Wildman–Crippen MR) is 186 cm³/mol. The summed E-state index contributed by atoms with van der Waals surface area (Å²) in [6, 6.07) is 22.0. The average molecular weight is 663 g/mol. The van der Waals surface area contributed by atoms with E-state index >= 15 is 0 Å². The molecule has 48 heavy (non-hydrogen) atoms. The summed E-state index contributed by atoms with van der Waals surface area (Å²) >= 11 is 1.59. The van der Waals surface area contributed by atoms with E-state index in [4.69, 9.17) is 5.73 Å². The Morgan fingerprint density at radius 2 is 1.46 bits per heavy atom. The molecule has 2 aliphatic rings. The van der Waals surface area contributed by atoms with Crippen molar-refractivity contribution < 1.29 is 19.2 Å². The maximum absolute atomic E-state index is 14.3. The molecule has 1 aliphatic carbocycles. The average Bonchev–Trinajstić information content (AvgIpc) is 3.40. The van der Waals surface area contributed by atoms with Gasteiger partial charge in [-0.3, -0.25) is 19.2 Å². The number of nitrogens with two attached hydrogens (primary N) is 1. The van der Waals surface area contributed by atoms with Crippen LogP contribution in [0.4, 0.5) is 0 Å². The minimum atomic E-state index is -1.06. The Hall–Kier alpha value is -5.00. The van der Waals surface area contributed by atoms with Crippen LogP contribution < -0.4 is 27.0 Å². The molecule has 3 aromatic carbocycles. The Labute approximate surface area is 281 Å². The number of thiophene rings is 1. The summed E-state index contributed by atoms with van der Waals surface area (Å²) < 4.78 is 1.09. The van der Waals surface area contributed by atoms with Crippen molar-refractivity contribution in [2.45, 2.75) is 43.8 Å². The fourth-order valence-corrected chi connectivity index (χ4v) is 7.94. The highest BCUT2D eigenvalue weighted by Gasteiger charge is 2.62. The van der Waals surface area contributed by atoms with Gasteiger partial charge in [0.2, 0.25) is 23.6 Å². The predicted octanol–water partition coefficient (Wildman–Crippen LogP) is 2.96.